The summed E-state index contributed by atoms with van der Waals surface area (Å²) in [6.45, 7) is 3.15. The average Bonchev–Trinajstić information content (AvgIpc) is 3.11. The number of aliphatic hydroxyl groups excluding tert-OH is 1. The van der Waals surface area contributed by atoms with Crippen LogP contribution in [-0.4, -0.2) is 71.5 Å². The number of carbonyl (C=O) groups is 3. The molecule has 4 aliphatic rings. The van der Waals surface area contributed by atoms with Crippen molar-refractivity contribution >= 4 is 29.3 Å². The van der Waals surface area contributed by atoms with Gasteiger partial charge in [-0.1, -0.05) is 17.7 Å². The Bertz CT molecular complexity index is 1000. The molecule has 2 unspecified atom stereocenters. The van der Waals surface area contributed by atoms with Gasteiger partial charge in [0.05, 0.1) is 11.1 Å². The summed E-state index contributed by atoms with van der Waals surface area (Å²) in [5, 5.41) is 13.7. The number of nitrogens with zero attached hydrogens (tertiary/aromatic N) is 2. The lowest BCUT2D eigenvalue weighted by Crippen LogP contribution is -2.53. The molecule has 3 aliphatic heterocycles. The van der Waals surface area contributed by atoms with Gasteiger partial charge in [-0.3, -0.25) is 24.6 Å². The van der Waals surface area contributed by atoms with Crippen molar-refractivity contribution in [2.24, 2.45) is 5.92 Å². The van der Waals surface area contributed by atoms with E-state index in [1.807, 2.05) is 6.07 Å². The number of piperidine rings is 2. The number of carbonyl (C=O) groups excluding carboxylic acids is 3. The number of imide groups is 1. The summed E-state index contributed by atoms with van der Waals surface area (Å²) in [6.07, 6.45) is 6.17. The van der Waals surface area contributed by atoms with Gasteiger partial charge in [-0.25, -0.2) is 0 Å². The molecular formula is C26H34ClN3O5. The SMILES string of the molecule is CO[C@H]1CC[C@H](CN2CCC(c3ccc4c(c3Cl)C(O)N(C3CCC(=O)NC3=O)C4=O)CC2)CC1. The lowest BCUT2D eigenvalue weighted by molar-refractivity contribution is -0.139. The Hall–Kier alpha value is -2.00. The van der Waals surface area contributed by atoms with Crippen LogP contribution in [-0.2, 0) is 14.3 Å². The number of benzene rings is 1. The van der Waals surface area contributed by atoms with E-state index in [9.17, 15) is 19.5 Å². The first kappa shape index (κ1) is 24.7. The number of hydrogen-bond acceptors (Lipinski definition) is 6. The molecule has 1 aromatic rings. The van der Waals surface area contributed by atoms with Gasteiger partial charge in [0.15, 0.2) is 6.23 Å². The van der Waals surface area contributed by atoms with Gasteiger partial charge in [0.2, 0.25) is 11.8 Å². The van der Waals surface area contributed by atoms with Crippen molar-refractivity contribution in [1.82, 2.24) is 15.1 Å². The molecule has 0 radical (unpaired) electrons. The highest BCUT2D eigenvalue weighted by Gasteiger charge is 2.46. The zero-order valence-corrected chi connectivity index (χ0v) is 20.9. The summed E-state index contributed by atoms with van der Waals surface area (Å²) in [6, 6.07) is 2.75. The second kappa shape index (κ2) is 10.2. The summed E-state index contributed by atoms with van der Waals surface area (Å²) in [5.74, 6) is -0.338. The van der Waals surface area contributed by atoms with Crippen LogP contribution in [0.2, 0.25) is 5.02 Å². The van der Waals surface area contributed by atoms with Gasteiger partial charge < -0.3 is 14.7 Å². The molecule has 0 spiro atoms. The number of aliphatic hydroxyl groups is 1. The Morgan fingerprint density at radius 3 is 2.43 bits per heavy atom. The largest absolute Gasteiger partial charge is 0.381 e. The van der Waals surface area contributed by atoms with Gasteiger partial charge in [-0.05, 0) is 81.5 Å². The number of fused-ring (bicyclic) bond motifs is 1. The minimum atomic E-state index is -1.30. The predicted molar refractivity (Wildman–Crippen MR) is 130 cm³/mol. The third-order valence-electron chi connectivity index (χ3n) is 8.41. The monoisotopic (exact) mass is 503 g/mol. The number of rotatable bonds is 5. The Morgan fingerprint density at radius 2 is 1.77 bits per heavy atom. The second-order valence-electron chi connectivity index (χ2n) is 10.4. The lowest BCUT2D eigenvalue weighted by atomic mass is 9.85. The summed E-state index contributed by atoms with van der Waals surface area (Å²) < 4.78 is 5.50. The predicted octanol–water partition coefficient (Wildman–Crippen LogP) is 2.98. The van der Waals surface area contributed by atoms with Gasteiger partial charge in [0.1, 0.15) is 6.04 Å². The second-order valence-corrected chi connectivity index (χ2v) is 10.8. The number of amides is 3. The van der Waals surface area contributed by atoms with Crippen LogP contribution in [0.15, 0.2) is 12.1 Å². The van der Waals surface area contributed by atoms with Crippen molar-refractivity contribution in [3.63, 3.8) is 0 Å². The van der Waals surface area contributed by atoms with Crippen molar-refractivity contribution in [1.29, 1.82) is 0 Å². The fourth-order valence-corrected chi connectivity index (χ4v) is 6.77. The molecule has 0 bridgehead atoms. The zero-order chi connectivity index (χ0) is 24.7. The van der Waals surface area contributed by atoms with E-state index in [2.05, 4.69) is 10.2 Å². The molecule has 1 saturated carbocycles. The molecule has 2 atom stereocenters. The molecule has 2 N–H and O–H groups in total. The van der Waals surface area contributed by atoms with E-state index >= 15 is 0 Å². The molecule has 0 aromatic heterocycles. The molecule has 5 rings (SSSR count). The third kappa shape index (κ3) is 4.73. The number of halogens is 1. The molecule has 8 nitrogen and oxygen atoms in total. The zero-order valence-electron chi connectivity index (χ0n) is 20.2. The van der Waals surface area contributed by atoms with E-state index in [4.69, 9.17) is 16.3 Å². The Kier molecular flexibility index (Phi) is 7.17. The maximum absolute atomic E-state index is 13.1. The van der Waals surface area contributed by atoms with Gasteiger partial charge in [-0.15, -0.1) is 0 Å². The summed E-state index contributed by atoms with van der Waals surface area (Å²) in [5.41, 5.74) is 1.68. The molecule has 9 heteroatoms. The maximum atomic E-state index is 13.1. The summed E-state index contributed by atoms with van der Waals surface area (Å²) in [7, 11) is 1.81. The van der Waals surface area contributed by atoms with Gasteiger partial charge in [-0.2, -0.15) is 0 Å². The summed E-state index contributed by atoms with van der Waals surface area (Å²) >= 11 is 6.81. The molecule has 190 valence electrons. The van der Waals surface area contributed by atoms with Gasteiger partial charge in [0.25, 0.3) is 5.91 Å². The number of likely N-dealkylation sites (tertiary alicyclic amines) is 1. The molecule has 3 fully saturated rings. The quantitative estimate of drug-likeness (QED) is 0.599. The fraction of sp³-hybridized carbons (Fsp3) is 0.654. The first-order valence-corrected chi connectivity index (χ1v) is 13.2. The minimum Gasteiger partial charge on any atom is -0.381 e. The van der Waals surface area contributed by atoms with E-state index in [-0.39, 0.29) is 24.7 Å². The van der Waals surface area contributed by atoms with Crippen LogP contribution in [0.4, 0.5) is 0 Å². The Labute approximate surface area is 210 Å². The van der Waals surface area contributed by atoms with Crippen LogP contribution in [0.5, 0.6) is 0 Å². The maximum Gasteiger partial charge on any atom is 0.257 e. The minimum absolute atomic E-state index is 0.134. The van der Waals surface area contributed by atoms with Crippen LogP contribution in [0.1, 0.15) is 85.0 Å². The van der Waals surface area contributed by atoms with E-state index in [1.165, 1.54) is 17.7 Å². The molecule has 3 heterocycles. The molecular weight excluding hydrogens is 470 g/mol. The van der Waals surface area contributed by atoms with Crippen LogP contribution in [0, 0.1) is 5.92 Å². The van der Waals surface area contributed by atoms with Crippen LogP contribution in [0.25, 0.3) is 0 Å². The standard InChI is InChI=1S/C26H34ClN3O5/c1-35-17-4-2-15(3-5-17)14-29-12-10-16(11-13-29)18-6-7-19-22(23(18)27)26(34)30(25(19)33)20-8-9-21(31)28-24(20)32/h6-7,15-17,20,26,34H,2-5,8-14H2,1H3,(H,28,31,32)/t15-,17-,20?,26?. The van der Waals surface area contributed by atoms with E-state index in [0.29, 0.717) is 22.3 Å². The lowest BCUT2D eigenvalue weighted by Gasteiger charge is -2.37. The number of ether oxygens (including phenoxy) is 1. The first-order valence-electron chi connectivity index (χ1n) is 12.8. The van der Waals surface area contributed by atoms with Crippen LogP contribution >= 0.6 is 11.6 Å². The van der Waals surface area contributed by atoms with E-state index in [0.717, 1.165) is 56.8 Å². The summed E-state index contributed by atoms with van der Waals surface area (Å²) in [4.78, 5) is 40.7. The molecule has 1 aliphatic carbocycles. The van der Waals surface area contributed by atoms with Crippen molar-refractivity contribution in [3.05, 3.63) is 33.8 Å². The average molecular weight is 504 g/mol. The highest BCUT2D eigenvalue weighted by molar-refractivity contribution is 6.33. The highest BCUT2D eigenvalue weighted by atomic mass is 35.5. The third-order valence-corrected chi connectivity index (χ3v) is 8.83. The van der Waals surface area contributed by atoms with Crippen molar-refractivity contribution in [2.75, 3.05) is 26.7 Å². The number of methoxy groups -OCH3 is 1. The molecule has 1 aromatic carbocycles. The topological polar surface area (TPSA) is 99.2 Å². The highest BCUT2D eigenvalue weighted by Crippen LogP contribution is 2.44. The smallest absolute Gasteiger partial charge is 0.257 e. The molecule has 3 amide bonds. The van der Waals surface area contributed by atoms with Gasteiger partial charge >= 0.3 is 0 Å². The van der Waals surface area contributed by atoms with Gasteiger partial charge in [0, 0.05) is 31.2 Å². The van der Waals surface area contributed by atoms with Crippen LogP contribution < -0.4 is 5.32 Å². The van der Waals surface area contributed by atoms with E-state index < -0.39 is 24.1 Å². The molecule has 2 saturated heterocycles. The van der Waals surface area contributed by atoms with E-state index in [1.54, 1.807) is 13.2 Å². The first-order chi connectivity index (χ1) is 16.9. The Balaban J connectivity index is 1.24. The van der Waals surface area contributed by atoms with Crippen molar-refractivity contribution in [2.45, 2.75) is 75.7 Å². The normalized spacial score (nSPS) is 30.5. The van der Waals surface area contributed by atoms with Crippen molar-refractivity contribution in [3.8, 4) is 0 Å². The Morgan fingerprint density at radius 1 is 1.06 bits per heavy atom. The molecule has 35 heavy (non-hydrogen) atoms. The van der Waals surface area contributed by atoms with Crippen LogP contribution in [0.3, 0.4) is 0 Å². The fourth-order valence-electron chi connectivity index (χ4n) is 6.35. The van der Waals surface area contributed by atoms with Crippen molar-refractivity contribution < 1.29 is 24.2 Å². The number of hydrogen-bond donors (Lipinski definition) is 2. The number of nitrogens with one attached hydrogen (secondary N) is 1.